The fourth-order valence-electron chi connectivity index (χ4n) is 1.26. The van der Waals surface area contributed by atoms with Crippen LogP contribution in [-0.2, 0) is 13.0 Å². The van der Waals surface area contributed by atoms with Gasteiger partial charge in [0, 0.05) is 18.6 Å². The second-order valence-corrected chi connectivity index (χ2v) is 2.52. The van der Waals surface area contributed by atoms with Gasteiger partial charge in [-0.05, 0) is 0 Å². The Morgan fingerprint density at radius 2 is 2.64 bits per heavy atom. The van der Waals surface area contributed by atoms with E-state index < -0.39 is 0 Å². The van der Waals surface area contributed by atoms with Gasteiger partial charge in [0.1, 0.15) is 6.61 Å². The van der Waals surface area contributed by atoms with E-state index in [0.29, 0.717) is 13.0 Å². The predicted molar refractivity (Wildman–Crippen MR) is 38.5 cm³/mol. The van der Waals surface area contributed by atoms with Crippen LogP contribution >= 0.6 is 0 Å². The number of ether oxygens (including phenoxy) is 1. The highest BCUT2D eigenvalue weighted by Gasteiger charge is 2.16. The molecule has 1 aliphatic heterocycles. The molecule has 0 bridgehead atoms. The lowest BCUT2D eigenvalue weighted by atomic mass is 10.2. The molecule has 1 aromatic rings. The maximum atomic E-state index is 8.68. The number of aliphatic hydroxyl groups is 1. The molecule has 4 nitrogen and oxygen atoms in total. The van der Waals surface area contributed by atoms with Crippen molar-refractivity contribution in [1.82, 2.24) is 9.78 Å². The van der Waals surface area contributed by atoms with Gasteiger partial charge in [0.05, 0.1) is 12.7 Å². The van der Waals surface area contributed by atoms with Crippen LogP contribution < -0.4 is 4.74 Å². The molecule has 0 radical (unpaired) electrons. The summed E-state index contributed by atoms with van der Waals surface area (Å²) in [6.45, 7) is 1.70. The zero-order chi connectivity index (χ0) is 7.68. The summed E-state index contributed by atoms with van der Waals surface area (Å²) in [6.07, 6.45) is 2.39. The average molecular weight is 154 g/mol. The highest BCUT2D eigenvalue weighted by atomic mass is 16.5. The summed E-state index contributed by atoms with van der Waals surface area (Å²) in [5, 5.41) is 12.8. The number of rotatable bonds is 2. The maximum Gasteiger partial charge on any atom is 0.215 e. The molecule has 2 heterocycles. The minimum Gasteiger partial charge on any atom is -0.476 e. The molecular formula is C7H10N2O2. The van der Waals surface area contributed by atoms with E-state index in [1.54, 1.807) is 6.20 Å². The first-order valence-electron chi connectivity index (χ1n) is 3.70. The molecule has 1 aliphatic rings. The Kier molecular flexibility index (Phi) is 1.54. The number of fused-ring (bicyclic) bond motifs is 1. The first kappa shape index (κ1) is 6.67. The summed E-state index contributed by atoms with van der Waals surface area (Å²) in [5.41, 5.74) is 1.00. The smallest absolute Gasteiger partial charge is 0.215 e. The number of aromatic nitrogens is 2. The van der Waals surface area contributed by atoms with Gasteiger partial charge in [-0.25, -0.2) is 4.68 Å². The standard InChI is InChI=1S/C7H10N2O2/c10-3-1-6-5-8-9-2-4-11-7(6)9/h5,10H,1-4H2. The molecule has 2 rings (SSSR count). The van der Waals surface area contributed by atoms with Gasteiger partial charge in [0.25, 0.3) is 0 Å². The molecular weight excluding hydrogens is 144 g/mol. The highest BCUT2D eigenvalue weighted by Crippen LogP contribution is 2.22. The van der Waals surface area contributed by atoms with Crippen LogP contribution in [0.2, 0.25) is 0 Å². The summed E-state index contributed by atoms with van der Waals surface area (Å²) in [4.78, 5) is 0. The van der Waals surface area contributed by atoms with Gasteiger partial charge in [0.15, 0.2) is 0 Å². The van der Waals surface area contributed by atoms with E-state index >= 15 is 0 Å². The second-order valence-electron chi connectivity index (χ2n) is 2.52. The Hall–Kier alpha value is -1.03. The fraction of sp³-hybridized carbons (Fsp3) is 0.571. The molecule has 60 valence electrons. The number of hydrogen-bond acceptors (Lipinski definition) is 3. The van der Waals surface area contributed by atoms with Crippen LogP contribution in [0.15, 0.2) is 6.20 Å². The van der Waals surface area contributed by atoms with Crippen LogP contribution in [0, 0.1) is 0 Å². The molecule has 0 spiro atoms. The molecule has 0 aromatic carbocycles. The third-order valence-electron chi connectivity index (χ3n) is 1.79. The van der Waals surface area contributed by atoms with E-state index in [1.165, 1.54) is 0 Å². The normalized spacial score (nSPS) is 14.6. The number of hydrogen-bond donors (Lipinski definition) is 1. The van der Waals surface area contributed by atoms with Crippen LogP contribution in [-0.4, -0.2) is 28.1 Å². The Bertz CT molecular complexity index is 257. The molecule has 0 amide bonds. The highest BCUT2D eigenvalue weighted by molar-refractivity contribution is 5.25. The Morgan fingerprint density at radius 1 is 1.73 bits per heavy atom. The topological polar surface area (TPSA) is 47.3 Å². The van der Waals surface area contributed by atoms with Crippen molar-refractivity contribution in [2.45, 2.75) is 13.0 Å². The molecule has 1 N–H and O–H groups in total. The predicted octanol–water partition coefficient (Wildman–Crippen LogP) is -0.190. The summed E-state index contributed by atoms with van der Waals surface area (Å²) >= 11 is 0. The van der Waals surface area contributed by atoms with Gasteiger partial charge in [0.2, 0.25) is 5.88 Å². The third kappa shape index (κ3) is 0.991. The average Bonchev–Trinajstić information content (AvgIpc) is 2.53. The zero-order valence-corrected chi connectivity index (χ0v) is 6.16. The van der Waals surface area contributed by atoms with E-state index in [1.807, 2.05) is 4.68 Å². The van der Waals surface area contributed by atoms with Crippen molar-refractivity contribution in [3.8, 4) is 5.88 Å². The zero-order valence-electron chi connectivity index (χ0n) is 6.16. The Balaban J connectivity index is 2.27. The summed E-state index contributed by atoms with van der Waals surface area (Å²) in [5.74, 6) is 0.832. The first-order valence-corrected chi connectivity index (χ1v) is 3.70. The lowest BCUT2D eigenvalue weighted by Gasteiger charge is -1.96. The van der Waals surface area contributed by atoms with Crippen LogP contribution in [0.1, 0.15) is 5.56 Å². The van der Waals surface area contributed by atoms with E-state index in [9.17, 15) is 0 Å². The van der Waals surface area contributed by atoms with Crippen LogP contribution in [0.4, 0.5) is 0 Å². The maximum absolute atomic E-state index is 8.68. The number of nitrogens with zero attached hydrogens (tertiary/aromatic N) is 2. The SMILES string of the molecule is OCCc1cnn2c1OCC2. The van der Waals surface area contributed by atoms with E-state index in [-0.39, 0.29) is 6.61 Å². The number of aliphatic hydroxyl groups excluding tert-OH is 1. The summed E-state index contributed by atoms with van der Waals surface area (Å²) in [6, 6.07) is 0. The fourth-order valence-corrected chi connectivity index (χ4v) is 1.26. The molecule has 0 atom stereocenters. The molecule has 0 aliphatic carbocycles. The molecule has 0 fully saturated rings. The second kappa shape index (κ2) is 2.54. The van der Waals surface area contributed by atoms with Crippen molar-refractivity contribution >= 4 is 0 Å². The van der Waals surface area contributed by atoms with Crippen molar-refractivity contribution in [2.75, 3.05) is 13.2 Å². The summed E-state index contributed by atoms with van der Waals surface area (Å²) < 4.78 is 7.14. The van der Waals surface area contributed by atoms with Crippen LogP contribution in [0.3, 0.4) is 0 Å². The monoisotopic (exact) mass is 154 g/mol. The van der Waals surface area contributed by atoms with E-state index in [4.69, 9.17) is 9.84 Å². The van der Waals surface area contributed by atoms with Crippen molar-refractivity contribution in [3.05, 3.63) is 11.8 Å². The Labute approximate surface area is 64.4 Å². The third-order valence-corrected chi connectivity index (χ3v) is 1.79. The molecule has 1 aromatic heterocycles. The first-order chi connectivity index (χ1) is 5.42. The van der Waals surface area contributed by atoms with Crippen molar-refractivity contribution in [3.63, 3.8) is 0 Å². The largest absolute Gasteiger partial charge is 0.476 e. The quantitative estimate of drug-likeness (QED) is 0.642. The molecule has 0 unspecified atom stereocenters. The van der Waals surface area contributed by atoms with Crippen LogP contribution in [0.5, 0.6) is 5.88 Å². The summed E-state index contributed by atoms with van der Waals surface area (Å²) in [7, 11) is 0. The minimum absolute atomic E-state index is 0.155. The van der Waals surface area contributed by atoms with Gasteiger partial charge in [-0.15, -0.1) is 0 Å². The van der Waals surface area contributed by atoms with Gasteiger partial charge < -0.3 is 9.84 Å². The van der Waals surface area contributed by atoms with Gasteiger partial charge in [-0.3, -0.25) is 0 Å². The lowest BCUT2D eigenvalue weighted by Crippen LogP contribution is -1.94. The molecule has 4 heteroatoms. The Morgan fingerprint density at radius 3 is 3.45 bits per heavy atom. The van der Waals surface area contributed by atoms with Crippen molar-refractivity contribution < 1.29 is 9.84 Å². The van der Waals surface area contributed by atoms with Crippen molar-refractivity contribution in [1.29, 1.82) is 0 Å². The van der Waals surface area contributed by atoms with Gasteiger partial charge in [-0.2, -0.15) is 5.10 Å². The lowest BCUT2D eigenvalue weighted by molar-refractivity contribution is 0.295. The van der Waals surface area contributed by atoms with Crippen molar-refractivity contribution in [2.24, 2.45) is 0 Å². The van der Waals surface area contributed by atoms with Crippen LogP contribution in [0.25, 0.3) is 0 Å². The van der Waals surface area contributed by atoms with E-state index in [2.05, 4.69) is 5.10 Å². The molecule has 11 heavy (non-hydrogen) atoms. The van der Waals surface area contributed by atoms with E-state index in [0.717, 1.165) is 18.0 Å². The molecule has 0 saturated carbocycles. The van der Waals surface area contributed by atoms with Gasteiger partial charge >= 0.3 is 0 Å². The molecule has 0 saturated heterocycles. The minimum atomic E-state index is 0.155. The van der Waals surface area contributed by atoms with Gasteiger partial charge in [-0.1, -0.05) is 0 Å².